The maximum absolute atomic E-state index is 12.2. The van der Waals surface area contributed by atoms with Gasteiger partial charge in [0.05, 0.1) is 10.8 Å². The van der Waals surface area contributed by atoms with Crippen LogP contribution in [0.4, 0.5) is 0 Å². The molecule has 3 atom stereocenters. The Labute approximate surface area is 134 Å². The summed E-state index contributed by atoms with van der Waals surface area (Å²) in [5.41, 5.74) is 0. The zero-order chi connectivity index (χ0) is 15.0. The molecule has 2 aliphatic rings. The van der Waals surface area contributed by atoms with E-state index in [9.17, 15) is 13.2 Å². The molecule has 2 N–H and O–H groups in total. The van der Waals surface area contributed by atoms with Crippen molar-refractivity contribution in [3.63, 3.8) is 0 Å². The summed E-state index contributed by atoms with van der Waals surface area (Å²) in [6.45, 7) is 3.45. The summed E-state index contributed by atoms with van der Waals surface area (Å²) >= 11 is 0. The third kappa shape index (κ3) is 4.33. The molecule has 3 unspecified atom stereocenters. The molecule has 1 saturated heterocycles. The average Bonchev–Trinajstić information content (AvgIpc) is 2.78. The summed E-state index contributed by atoms with van der Waals surface area (Å²) in [5.74, 6) is 0.554. The molecule has 1 aliphatic heterocycles. The van der Waals surface area contributed by atoms with E-state index in [-0.39, 0.29) is 30.9 Å². The number of amides is 1. The minimum Gasteiger partial charge on any atom is -0.353 e. The molecule has 0 aromatic carbocycles. The summed E-state index contributed by atoms with van der Waals surface area (Å²) in [5, 5.41) is 6.21. The summed E-state index contributed by atoms with van der Waals surface area (Å²) in [7, 11) is -3.18. The minimum atomic E-state index is -3.18. The van der Waals surface area contributed by atoms with Gasteiger partial charge in [0.25, 0.3) is 0 Å². The van der Waals surface area contributed by atoms with Crippen molar-refractivity contribution < 1.29 is 13.2 Å². The number of sulfone groups is 1. The molecule has 1 saturated carbocycles. The van der Waals surface area contributed by atoms with Crippen molar-refractivity contribution in [1.29, 1.82) is 0 Å². The van der Waals surface area contributed by atoms with Gasteiger partial charge in [-0.1, -0.05) is 12.8 Å². The van der Waals surface area contributed by atoms with Gasteiger partial charge in [-0.15, -0.1) is 12.4 Å². The van der Waals surface area contributed by atoms with Crippen molar-refractivity contribution in [3.05, 3.63) is 0 Å². The summed E-state index contributed by atoms with van der Waals surface area (Å²) in [4.78, 5) is 12.2. The fourth-order valence-electron chi connectivity index (χ4n) is 3.08. The second-order valence-corrected chi connectivity index (χ2v) is 9.51. The van der Waals surface area contributed by atoms with Crippen molar-refractivity contribution in [1.82, 2.24) is 10.6 Å². The molecule has 0 aromatic rings. The first-order valence-electron chi connectivity index (χ1n) is 7.44. The van der Waals surface area contributed by atoms with Gasteiger partial charge in [0, 0.05) is 18.8 Å². The fourth-order valence-corrected chi connectivity index (χ4v) is 3.41. The predicted octanol–water partition coefficient (Wildman–Crippen LogP) is 1.27. The van der Waals surface area contributed by atoms with Gasteiger partial charge in [0.1, 0.15) is 0 Å². The molecule has 2 fully saturated rings. The third-order valence-electron chi connectivity index (χ3n) is 4.87. The van der Waals surface area contributed by atoms with E-state index in [1.807, 2.05) is 0 Å². The Hall–Kier alpha value is -0.330. The molecule has 21 heavy (non-hydrogen) atoms. The number of hydrogen-bond acceptors (Lipinski definition) is 4. The van der Waals surface area contributed by atoms with Crippen LogP contribution in [0.25, 0.3) is 0 Å². The molecule has 124 valence electrons. The van der Waals surface area contributed by atoms with Crippen LogP contribution in [0.5, 0.6) is 0 Å². The highest BCUT2D eigenvalue weighted by Crippen LogP contribution is 2.33. The second kappa shape index (κ2) is 6.84. The van der Waals surface area contributed by atoms with Crippen LogP contribution in [0.3, 0.4) is 0 Å². The molecule has 0 radical (unpaired) electrons. The zero-order valence-corrected chi connectivity index (χ0v) is 14.6. The number of halogens is 1. The van der Waals surface area contributed by atoms with Gasteiger partial charge in [0.15, 0.2) is 9.84 Å². The molecule has 1 amide bonds. The molecule has 0 bridgehead atoms. The number of nitrogens with one attached hydrogen (secondary N) is 2. The van der Waals surface area contributed by atoms with Gasteiger partial charge in [0.2, 0.25) is 5.91 Å². The number of carbonyl (C=O) groups excluding carboxylic acids is 1. The smallest absolute Gasteiger partial charge is 0.237 e. The van der Waals surface area contributed by atoms with Gasteiger partial charge >= 0.3 is 0 Å². The quantitative estimate of drug-likeness (QED) is 0.809. The molecule has 7 heteroatoms. The van der Waals surface area contributed by atoms with E-state index in [1.54, 1.807) is 13.8 Å². The monoisotopic (exact) mass is 338 g/mol. The minimum absolute atomic E-state index is 0. The summed E-state index contributed by atoms with van der Waals surface area (Å²) in [6, 6.07) is 0.320. The first kappa shape index (κ1) is 18.7. The van der Waals surface area contributed by atoms with Crippen LogP contribution < -0.4 is 10.6 Å². The number of fused-ring (bicyclic) bond motifs is 1. The van der Waals surface area contributed by atoms with Gasteiger partial charge in [-0.2, -0.15) is 0 Å². The van der Waals surface area contributed by atoms with Crippen LogP contribution >= 0.6 is 12.4 Å². The largest absolute Gasteiger partial charge is 0.353 e. The maximum Gasteiger partial charge on any atom is 0.237 e. The van der Waals surface area contributed by atoms with E-state index in [4.69, 9.17) is 0 Å². The van der Waals surface area contributed by atoms with E-state index >= 15 is 0 Å². The Balaban J connectivity index is 0.00000220. The topological polar surface area (TPSA) is 75.3 Å². The average molecular weight is 339 g/mol. The van der Waals surface area contributed by atoms with Crippen molar-refractivity contribution in [2.24, 2.45) is 5.92 Å². The lowest BCUT2D eigenvalue weighted by molar-refractivity contribution is -0.123. The predicted molar refractivity (Wildman–Crippen MR) is 86.5 cm³/mol. The van der Waals surface area contributed by atoms with Crippen LogP contribution in [-0.2, 0) is 14.6 Å². The van der Waals surface area contributed by atoms with Crippen LogP contribution in [0.1, 0.15) is 46.0 Å². The highest BCUT2D eigenvalue weighted by Gasteiger charge is 2.39. The zero-order valence-electron chi connectivity index (χ0n) is 13.0. The molecular weight excluding hydrogens is 312 g/mol. The number of rotatable bonds is 4. The van der Waals surface area contributed by atoms with E-state index in [2.05, 4.69) is 10.6 Å². The van der Waals surface area contributed by atoms with E-state index in [1.165, 1.54) is 25.5 Å². The van der Waals surface area contributed by atoms with Crippen LogP contribution in [0, 0.1) is 5.92 Å². The van der Waals surface area contributed by atoms with Crippen LogP contribution in [-0.4, -0.2) is 44.0 Å². The summed E-state index contributed by atoms with van der Waals surface area (Å²) < 4.78 is 22.3. The van der Waals surface area contributed by atoms with Gasteiger partial charge in [-0.05, 0) is 39.0 Å². The summed E-state index contributed by atoms with van der Waals surface area (Å²) in [6.07, 6.45) is 6.96. The SMILES string of the molecule is CC(C)(CNC(=O)C1CC2CCCCC2N1)S(C)(=O)=O.Cl. The van der Waals surface area contributed by atoms with Gasteiger partial charge < -0.3 is 10.6 Å². The lowest BCUT2D eigenvalue weighted by Gasteiger charge is -2.24. The third-order valence-corrected chi connectivity index (χ3v) is 7.02. The van der Waals surface area contributed by atoms with Crippen molar-refractivity contribution >= 4 is 28.2 Å². The first-order valence-corrected chi connectivity index (χ1v) is 9.33. The van der Waals surface area contributed by atoms with Gasteiger partial charge in [-0.25, -0.2) is 8.42 Å². The first-order chi connectivity index (χ1) is 9.21. The Bertz CT molecular complexity index is 465. The molecule has 0 aromatic heterocycles. The molecule has 1 aliphatic carbocycles. The van der Waals surface area contributed by atoms with Crippen LogP contribution in [0.2, 0.25) is 0 Å². The lowest BCUT2D eigenvalue weighted by Crippen LogP contribution is -2.49. The molecule has 5 nitrogen and oxygen atoms in total. The van der Waals surface area contributed by atoms with E-state index in [0.29, 0.717) is 12.0 Å². The van der Waals surface area contributed by atoms with Crippen LogP contribution in [0.15, 0.2) is 0 Å². The second-order valence-electron chi connectivity index (χ2n) is 6.86. The van der Waals surface area contributed by atoms with Crippen molar-refractivity contribution in [2.45, 2.75) is 62.8 Å². The molecule has 1 heterocycles. The molecule has 2 rings (SSSR count). The lowest BCUT2D eigenvalue weighted by atomic mass is 9.85. The number of carbonyl (C=O) groups is 1. The van der Waals surface area contributed by atoms with E-state index in [0.717, 1.165) is 12.8 Å². The Morgan fingerprint density at radius 1 is 1.29 bits per heavy atom. The van der Waals surface area contributed by atoms with E-state index < -0.39 is 14.6 Å². The standard InChI is InChI=1S/C14H26N2O3S.ClH/c1-14(2,20(3,18)19)9-15-13(17)12-8-10-6-4-5-7-11(10)16-12;/h10-12,16H,4-9H2,1-3H3,(H,15,17);1H. The Morgan fingerprint density at radius 2 is 1.90 bits per heavy atom. The molecule has 0 spiro atoms. The highest BCUT2D eigenvalue weighted by atomic mass is 35.5. The maximum atomic E-state index is 12.2. The van der Waals surface area contributed by atoms with Crippen molar-refractivity contribution in [2.75, 3.05) is 12.8 Å². The van der Waals surface area contributed by atoms with Crippen molar-refractivity contribution in [3.8, 4) is 0 Å². The number of hydrogen-bond donors (Lipinski definition) is 2. The normalized spacial score (nSPS) is 29.4. The Kier molecular flexibility index (Phi) is 6.09. The fraction of sp³-hybridized carbons (Fsp3) is 0.929. The Morgan fingerprint density at radius 3 is 2.48 bits per heavy atom. The highest BCUT2D eigenvalue weighted by molar-refractivity contribution is 7.92. The molecular formula is C14H27ClN2O3S. The van der Waals surface area contributed by atoms with Gasteiger partial charge in [-0.3, -0.25) is 4.79 Å².